The molecule has 0 radical (unpaired) electrons. The molecule has 0 unspecified atom stereocenters. The summed E-state index contributed by atoms with van der Waals surface area (Å²) in [5, 5.41) is 3.89. The fraction of sp³-hybridized carbons (Fsp3) is 0.0667. The zero-order chi connectivity index (χ0) is 14.8. The van der Waals surface area contributed by atoms with Crippen LogP contribution in [0.25, 0.3) is 11.4 Å². The monoisotopic (exact) mass is 347 g/mol. The van der Waals surface area contributed by atoms with Crippen molar-refractivity contribution in [3.05, 3.63) is 64.2 Å². The van der Waals surface area contributed by atoms with E-state index in [2.05, 4.69) is 26.1 Å². The Balaban J connectivity index is 1.88. The van der Waals surface area contributed by atoms with E-state index in [1.54, 1.807) is 6.07 Å². The van der Waals surface area contributed by atoms with Crippen LogP contribution >= 0.6 is 15.9 Å². The summed E-state index contributed by atoms with van der Waals surface area (Å²) in [6, 6.07) is 11.8. The van der Waals surface area contributed by atoms with E-state index in [0.29, 0.717) is 33.9 Å². The fourth-order valence-electron chi connectivity index (χ4n) is 1.98. The summed E-state index contributed by atoms with van der Waals surface area (Å²) < 4.78 is 19.2. The summed E-state index contributed by atoms with van der Waals surface area (Å²) in [5.41, 5.74) is 7.94. The maximum atomic E-state index is 13.3. The van der Waals surface area contributed by atoms with Gasteiger partial charge in [-0.05, 0) is 35.9 Å². The van der Waals surface area contributed by atoms with Gasteiger partial charge in [-0.2, -0.15) is 4.98 Å². The lowest BCUT2D eigenvalue weighted by Gasteiger charge is -1.99. The van der Waals surface area contributed by atoms with Crippen molar-refractivity contribution >= 4 is 21.6 Å². The normalized spacial score (nSPS) is 10.8. The Hall–Kier alpha value is -2.21. The lowest BCUT2D eigenvalue weighted by Crippen LogP contribution is -1.91. The van der Waals surface area contributed by atoms with Crippen LogP contribution in [0.15, 0.2) is 51.5 Å². The van der Waals surface area contributed by atoms with E-state index >= 15 is 0 Å². The standard InChI is InChI=1S/C15H11BrFN3O/c16-13-5-4-10(17)8-12(13)15-19-14(21-20-15)7-9-2-1-3-11(18)6-9/h1-6,8H,7,18H2. The Bertz CT molecular complexity index is 788. The zero-order valence-electron chi connectivity index (χ0n) is 10.9. The highest BCUT2D eigenvalue weighted by molar-refractivity contribution is 9.10. The molecule has 4 nitrogen and oxygen atoms in total. The first-order valence-corrected chi connectivity index (χ1v) is 7.03. The maximum absolute atomic E-state index is 13.3. The van der Waals surface area contributed by atoms with Gasteiger partial charge in [0.15, 0.2) is 0 Å². The van der Waals surface area contributed by atoms with Crippen LogP contribution in [-0.2, 0) is 6.42 Å². The highest BCUT2D eigenvalue weighted by atomic mass is 79.9. The Morgan fingerprint density at radius 2 is 2.05 bits per heavy atom. The van der Waals surface area contributed by atoms with Crippen molar-refractivity contribution in [2.24, 2.45) is 0 Å². The van der Waals surface area contributed by atoms with Gasteiger partial charge in [0, 0.05) is 15.7 Å². The molecule has 3 aromatic rings. The first kappa shape index (κ1) is 13.8. The van der Waals surface area contributed by atoms with Gasteiger partial charge in [-0.1, -0.05) is 33.2 Å². The van der Waals surface area contributed by atoms with Gasteiger partial charge in [0.2, 0.25) is 11.7 Å². The van der Waals surface area contributed by atoms with Crippen LogP contribution in [0.1, 0.15) is 11.5 Å². The molecule has 1 aromatic heterocycles. The molecule has 2 N–H and O–H groups in total. The Labute approximate surface area is 128 Å². The van der Waals surface area contributed by atoms with E-state index < -0.39 is 0 Å². The summed E-state index contributed by atoms with van der Waals surface area (Å²) in [6.45, 7) is 0. The minimum atomic E-state index is -0.351. The van der Waals surface area contributed by atoms with Crippen LogP contribution in [0.2, 0.25) is 0 Å². The highest BCUT2D eigenvalue weighted by Gasteiger charge is 2.13. The third-order valence-corrected chi connectivity index (χ3v) is 3.64. The van der Waals surface area contributed by atoms with Gasteiger partial charge >= 0.3 is 0 Å². The molecular formula is C15H11BrFN3O. The molecular weight excluding hydrogens is 337 g/mol. The van der Waals surface area contributed by atoms with Crippen LogP contribution < -0.4 is 5.73 Å². The van der Waals surface area contributed by atoms with Crippen molar-refractivity contribution in [3.63, 3.8) is 0 Å². The van der Waals surface area contributed by atoms with Crippen molar-refractivity contribution < 1.29 is 8.91 Å². The number of hydrogen-bond donors (Lipinski definition) is 1. The van der Waals surface area contributed by atoms with Crippen molar-refractivity contribution in [1.82, 2.24) is 10.1 Å². The first-order valence-electron chi connectivity index (χ1n) is 6.24. The molecule has 0 atom stereocenters. The maximum Gasteiger partial charge on any atom is 0.231 e. The number of benzene rings is 2. The van der Waals surface area contributed by atoms with Crippen molar-refractivity contribution in [3.8, 4) is 11.4 Å². The molecule has 0 bridgehead atoms. The van der Waals surface area contributed by atoms with Crippen LogP contribution in [0, 0.1) is 5.82 Å². The van der Waals surface area contributed by atoms with E-state index in [0.717, 1.165) is 5.56 Å². The number of aromatic nitrogens is 2. The topological polar surface area (TPSA) is 64.9 Å². The van der Waals surface area contributed by atoms with E-state index in [-0.39, 0.29) is 5.82 Å². The number of hydrogen-bond acceptors (Lipinski definition) is 4. The molecule has 21 heavy (non-hydrogen) atoms. The van der Waals surface area contributed by atoms with Gasteiger partial charge in [-0.15, -0.1) is 0 Å². The minimum absolute atomic E-state index is 0.347. The molecule has 0 spiro atoms. The summed E-state index contributed by atoms with van der Waals surface area (Å²) in [5.74, 6) is 0.447. The molecule has 2 aromatic carbocycles. The van der Waals surface area contributed by atoms with Crippen molar-refractivity contribution in [1.29, 1.82) is 0 Å². The number of nitrogen functional groups attached to an aromatic ring is 1. The Morgan fingerprint density at radius 1 is 1.19 bits per heavy atom. The third-order valence-electron chi connectivity index (χ3n) is 2.94. The zero-order valence-corrected chi connectivity index (χ0v) is 12.5. The predicted octanol–water partition coefficient (Wildman–Crippen LogP) is 3.81. The molecule has 1 heterocycles. The molecule has 0 saturated carbocycles. The molecule has 3 rings (SSSR count). The van der Waals surface area contributed by atoms with E-state index in [9.17, 15) is 4.39 Å². The number of anilines is 1. The third kappa shape index (κ3) is 3.11. The van der Waals surface area contributed by atoms with Crippen molar-refractivity contribution in [2.75, 3.05) is 5.73 Å². The number of rotatable bonds is 3. The minimum Gasteiger partial charge on any atom is -0.399 e. The van der Waals surface area contributed by atoms with E-state index in [4.69, 9.17) is 10.3 Å². The van der Waals surface area contributed by atoms with Crippen LogP contribution in [0.5, 0.6) is 0 Å². The average molecular weight is 348 g/mol. The number of nitrogens with zero attached hydrogens (tertiary/aromatic N) is 2. The largest absolute Gasteiger partial charge is 0.399 e. The number of halogens is 2. The van der Waals surface area contributed by atoms with E-state index in [1.807, 2.05) is 24.3 Å². The molecule has 0 aliphatic carbocycles. The highest BCUT2D eigenvalue weighted by Crippen LogP contribution is 2.27. The van der Waals surface area contributed by atoms with Gasteiger partial charge in [0.25, 0.3) is 0 Å². The quantitative estimate of drug-likeness (QED) is 0.731. The van der Waals surface area contributed by atoms with E-state index in [1.165, 1.54) is 12.1 Å². The van der Waals surface area contributed by atoms with Crippen LogP contribution in [0.3, 0.4) is 0 Å². The predicted molar refractivity (Wildman–Crippen MR) is 81.1 cm³/mol. The SMILES string of the molecule is Nc1cccc(Cc2nc(-c3cc(F)ccc3Br)no2)c1. The Kier molecular flexibility index (Phi) is 3.70. The smallest absolute Gasteiger partial charge is 0.231 e. The lowest BCUT2D eigenvalue weighted by molar-refractivity contribution is 0.385. The molecule has 0 saturated heterocycles. The second-order valence-corrected chi connectivity index (χ2v) is 5.41. The van der Waals surface area contributed by atoms with Gasteiger partial charge in [-0.3, -0.25) is 0 Å². The summed E-state index contributed by atoms with van der Waals surface area (Å²) in [4.78, 5) is 4.29. The molecule has 0 fully saturated rings. The van der Waals surface area contributed by atoms with Gasteiger partial charge in [0.1, 0.15) is 5.82 Å². The van der Waals surface area contributed by atoms with Gasteiger partial charge in [0.05, 0.1) is 6.42 Å². The number of nitrogens with two attached hydrogens (primary N) is 1. The second-order valence-electron chi connectivity index (χ2n) is 4.56. The second kappa shape index (κ2) is 5.65. The molecule has 0 aliphatic rings. The summed E-state index contributed by atoms with van der Waals surface area (Å²) in [7, 11) is 0. The average Bonchev–Trinajstić information content (AvgIpc) is 2.90. The summed E-state index contributed by atoms with van der Waals surface area (Å²) in [6.07, 6.45) is 0.477. The molecule has 0 amide bonds. The fourth-order valence-corrected chi connectivity index (χ4v) is 2.41. The van der Waals surface area contributed by atoms with Gasteiger partial charge < -0.3 is 10.3 Å². The molecule has 0 aliphatic heterocycles. The molecule has 6 heteroatoms. The van der Waals surface area contributed by atoms with Crippen LogP contribution in [-0.4, -0.2) is 10.1 Å². The van der Waals surface area contributed by atoms with Gasteiger partial charge in [-0.25, -0.2) is 4.39 Å². The molecule has 106 valence electrons. The lowest BCUT2D eigenvalue weighted by atomic mass is 10.1. The van der Waals surface area contributed by atoms with Crippen molar-refractivity contribution in [2.45, 2.75) is 6.42 Å². The Morgan fingerprint density at radius 3 is 2.86 bits per heavy atom. The summed E-state index contributed by atoms with van der Waals surface area (Å²) >= 11 is 3.35. The first-order chi connectivity index (χ1) is 10.1. The van der Waals surface area contributed by atoms with Crippen LogP contribution in [0.4, 0.5) is 10.1 Å².